The number of hydrogen-bond acceptors (Lipinski definition) is 5. The van der Waals surface area contributed by atoms with Crippen LogP contribution in [0.1, 0.15) is 17.0 Å². The summed E-state index contributed by atoms with van der Waals surface area (Å²) in [5.41, 5.74) is 1.67. The highest BCUT2D eigenvalue weighted by molar-refractivity contribution is 5.62. The minimum atomic E-state index is -0.155. The lowest BCUT2D eigenvalue weighted by molar-refractivity contribution is 0.253. The van der Waals surface area contributed by atoms with Crippen LogP contribution in [0.4, 0.5) is 0 Å². The topological polar surface area (TPSA) is 68.2 Å². The smallest absolute Gasteiger partial charge is 0.203 e. The van der Waals surface area contributed by atoms with Crippen molar-refractivity contribution in [2.24, 2.45) is 0 Å². The fraction of sp³-hybridized carbons (Fsp3) is 0.294. The monoisotopic (exact) mass is 302 g/mol. The molecule has 0 amide bonds. The first kappa shape index (κ1) is 14.4. The number of benzene rings is 2. The first-order chi connectivity index (χ1) is 10.7. The minimum Gasteiger partial charge on any atom is -0.507 e. The summed E-state index contributed by atoms with van der Waals surface area (Å²) < 4.78 is 16.3. The molecule has 1 unspecified atom stereocenters. The minimum absolute atomic E-state index is 0.0249. The molecule has 0 saturated carbocycles. The SMILES string of the molecule is COc1c(O)cc(O)c(C2COc3ccccc3C2)c1OC. The molecule has 22 heavy (non-hydrogen) atoms. The number of para-hydroxylation sites is 1. The van der Waals surface area contributed by atoms with E-state index < -0.39 is 0 Å². The van der Waals surface area contributed by atoms with E-state index in [0.29, 0.717) is 24.3 Å². The lowest BCUT2D eigenvalue weighted by atomic mass is 9.88. The van der Waals surface area contributed by atoms with Crippen LogP contribution in [0.15, 0.2) is 30.3 Å². The zero-order valence-electron chi connectivity index (χ0n) is 12.5. The Balaban J connectivity index is 2.06. The molecule has 1 atom stereocenters. The fourth-order valence-corrected chi connectivity index (χ4v) is 2.94. The summed E-state index contributed by atoms with van der Waals surface area (Å²) >= 11 is 0. The van der Waals surface area contributed by atoms with E-state index in [9.17, 15) is 10.2 Å². The van der Waals surface area contributed by atoms with Crippen LogP contribution in [0.3, 0.4) is 0 Å². The number of aromatic hydroxyl groups is 2. The van der Waals surface area contributed by atoms with Gasteiger partial charge in [-0.15, -0.1) is 0 Å². The van der Waals surface area contributed by atoms with Crippen LogP contribution in [-0.2, 0) is 6.42 Å². The van der Waals surface area contributed by atoms with Gasteiger partial charge in [0.15, 0.2) is 11.5 Å². The normalized spacial score (nSPS) is 16.5. The van der Waals surface area contributed by atoms with Gasteiger partial charge in [0, 0.05) is 17.5 Å². The molecule has 1 aliphatic heterocycles. The number of hydrogen-bond donors (Lipinski definition) is 2. The van der Waals surface area contributed by atoms with Crippen LogP contribution >= 0.6 is 0 Å². The quantitative estimate of drug-likeness (QED) is 0.912. The molecule has 116 valence electrons. The second kappa shape index (κ2) is 5.67. The molecule has 0 saturated heterocycles. The lowest BCUT2D eigenvalue weighted by Gasteiger charge is -2.28. The number of fused-ring (bicyclic) bond motifs is 1. The van der Waals surface area contributed by atoms with Gasteiger partial charge in [-0.2, -0.15) is 0 Å². The Hall–Kier alpha value is -2.56. The first-order valence-corrected chi connectivity index (χ1v) is 7.03. The molecule has 1 heterocycles. The van der Waals surface area contributed by atoms with Gasteiger partial charge in [0.25, 0.3) is 0 Å². The van der Waals surface area contributed by atoms with Crippen molar-refractivity contribution in [3.63, 3.8) is 0 Å². The van der Waals surface area contributed by atoms with Crippen molar-refractivity contribution in [3.05, 3.63) is 41.5 Å². The van der Waals surface area contributed by atoms with Crippen LogP contribution in [0.25, 0.3) is 0 Å². The predicted molar refractivity (Wildman–Crippen MR) is 81.3 cm³/mol. The van der Waals surface area contributed by atoms with Gasteiger partial charge in [0.1, 0.15) is 11.5 Å². The molecule has 2 aromatic carbocycles. The van der Waals surface area contributed by atoms with Crippen LogP contribution in [0, 0.1) is 0 Å². The number of ether oxygens (including phenoxy) is 3. The third kappa shape index (κ3) is 2.28. The van der Waals surface area contributed by atoms with Gasteiger partial charge >= 0.3 is 0 Å². The Kier molecular flexibility index (Phi) is 3.71. The second-order valence-corrected chi connectivity index (χ2v) is 5.21. The molecule has 0 spiro atoms. The molecule has 0 bridgehead atoms. The summed E-state index contributed by atoms with van der Waals surface area (Å²) in [6.45, 7) is 0.425. The largest absolute Gasteiger partial charge is 0.507 e. The van der Waals surface area contributed by atoms with Crippen LogP contribution < -0.4 is 14.2 Å². The standard InChI is InChI=1S/C17H18O5/c1-20-16-13(19)8-12(18)15(17(16)21-2)11-7-10-5-3-4-6-14(10)22-9-11/h3-6,8,11,18-19H,7,9H2,1-2H3. The number of methoxy groups -OCH3 is 2. The van der Waals surface area contributed by atoms with Crippen LogP contribution in [-0.4, -0.2) is 31.0 Å². The third-order valence-corrected chi connectivity index (χ3v) is 3.93. The van der Waals surface area contributed by atoms with Gasteiger partial charge < -0.3 is 24.4 Å². The highest BCUT2D eigenvalue weighted by Gasteiger charge is 2.29. The lowest BCUT2D eigenvalue weighted by Crippen LogP contribution is -2.20. The van der Waals surface area contributed by atoms with Crippen molar-refractivity contribution in [2.75, 3.05) is 20.8 Å². The molecule has 2 N–H and O–H groups in total. The van der Waals surface area contributed by atoms with Crippen LogP contribution in [0.5, 0.6) is 28.7 Å². The average Bonchev–Trinajstić information content (AvgIpc) is 2.53. The zero-order valence-corrected chi connectivity index (χ0v) is 12.5. The van der Waals surface area contributed by atoms with Crippen molar-refractivity contribution in [1.82, 2.24) is 0 Å². The molecule has 5 heteroatoms. The summed E-state index contributed by atoms with van der Waals surface area (Å²) in [7, 11) is 2.93. The van der Waals surface area contributed by atoms with Crippen molar-refractivity contribution < 1.29 is 24.4 Å². The van der Waals surface area contributed by atoms with Crippen LogP contribution in [0.2, 0.25) is 0 Å². The van der Waals surface area contributed by atoms with E-state index in [1.54, 1.807) is 0 Å². The van der Waals surface area contributed by atoms with E-state index in [1.807, 2.05) is 24.3 Å². The highest BCUT2D eigenvalue weighted by Crippen LogP contribution is 2.49. The fourth-order valence-electron chi connectivity index (χ4n) is 2.94. The van der Waals surface area contributed by atoms with Crippen molar-refractivity contribution in [2.45, 2.75) is 12.3 Å². The van der Waals surface area contributed by atoms with Gasteiger partial charge in [-0.25, -0.2) is 0 Å². The van der Waals surface area contributed by atoms with E-state index in [0.717, 1.165) is 11.3 Å². The maximum Gasteiger partial charge on any atom is 0.203 e. The number of rotatable bonds is 3. The maximum atomic E-state index is 10.3. The number of phenolic OH excluding ortho intramolecular Hbond substituents is 2. The molecule has 0 radical (unpaired) electrons. The molecule has 0 fully saturated rings. The molecule has 1 aliphatic rings. The molecular weight excluding hydrogens is 284 g/mol. The summed E-state index contributed by atoms with van der Waals surface area (Å²) in [5.74, 6) is 1.16. The van der Waals surface area contributed by atoms with Crippen molar-refractivity contribution in [3.8, 4) is 28.7 Å². The van der Waals surface area contributed by atoms with Crippen molar-refractivity contribution >= 4 is 0 Å². The third-order valence-electron chi connectivity index (χ3n) is 3.93. The molecule has 0 aromatic heterocycles. The Morgan fingerprint density at radius 2 is 1.77 bits per heavy atom. The summed E-state index contributed by atoms with van der Waals surface area (Å²) in [4.78, 5) is 0. The molecule has 3 rings (SSSR count). The number of phenols is 2. The second-order valence-electron chi connectivity index (χ2n) is 5.21. The van der Waals surface area contributed by atoms with Gasteiger partial charge in [-0.1, -0.05) is 18.2 Å². The zero-order chi connectivity index (χ0) is 15.7. The molecule has 0 aliphatic carbocycles. The van der Waals surface area contributed by atoms with E-state index in [4.69, 9.17) is 14.2 Å². The maximum absolute atomic E-state index is 10.3. The van der Waals surface area contributed by atoms with Gasteiger partial charge in [-0.05, 0) is 18.1 Å². The van der Waals surface area contributed by atoms with Gasteiger partial charge in [0.2, 0.25) is 5.75 Å². The average molecular weight is 302 g/mol. The van der Waals surface area contributed by atoms with E-state index in [1.165, 1.54) is 20.3 Å². The van der Waals surface area contributed by atoms with E-state index in [-0.39, 0.29) is 23.2 Å². The molecule has 5 nitrogen and oxygen atoms in total. The Labute approximate surface area is 128 Å². The highest BCUT2D eigenvalue weighted by atomic mass is 16.5. The first-order valence-electron chi connectivity index (χ1n) is 7.03. The van der Waals surface area contributed by atoms with E-state index >= 15 is 0 Å². The molecular formula is C17H18O5. The summed E-state index contributed by atoms with van der Waals surface area (Å²) in [5, 5.41) is 20.2. The van der Waals surface area contributed by atoms with Gasteiger partial charge in [0.05, 0.1) is 20.8 Å². The summed E-state index contributed by atoms with van der Waals surface area (Å²) in [6.07, 6.45) is 0.716. The predicted octanol–water partition coefficient (Wildman–Crippen LogP) is 2.83. The Morgan fingerprint density at radius 1 is 1.05 bits per heavy atom. The van der Waals surface area contributed by atoms with Gasteiger partial charge in [-0.3, -0.25) is 0 Å². The Morgan fingerprint density at radius 3 is 2.50 bits per heavy atom. The molecule has 2 aromatic rings. The summed E-state index contributed by atoms with van der Waals surface area (Å²) in [6, 6.07) is 9.10. The Bertz CT molecular complexity index is 696. The van der Waals surface area contributed by atoms with E-state index in [2.05, 4.69) is 0 Å². The van der Waals surface area contributed by atoms with Crippen molar-refractivity contribution in [1.29, 1.82) is 0 Å².